The first-order chi connectivity index (χ1) is 9.73. The number of nitro benzene ring substituents is 1. The zero-order valence-electron chi connectivity index (χ0n) is 12.9. The second-order valence-electron chi connectivity index (χ2n) is 5.83. The molecule has 0 aliphatic rings. The summed E-state index contributed by atoms with van der Waals surface area (Å²) in [6, 6.07) is 4.71. The molecule has 1 rings (SSSR count). The minimum atomic E-state index is -0.627. The second kappa shape index (κ2) is 7.06. The van der Waals surface area contributed by atoms with Gasteiger partial charge in [-0.3, -0.25) is 15.4 Å². The second-order valence-corrected chi connectivity index (χ2v) is 5.83. The van der Waals surface area contributed by atoms with Gasteiger partial charge in [-0.25, -0.2) is 4.79 Å². The summed E-state index contributed by atoms with van der Waals surface area (Å²) >= 11 is 0. The van der Waals surface area contributed by atoms with Gasteiger partial charge in [0.15, 0.2) is 0 Å². The van der Waals surface area contributed by atoms with Crippen molar-refractivity contribution in [1.29, 1.82) is 0 Å². The Bertz CT molecular complexity index is 521. The quantitative estimate of drug-likeness (QED) is 0.649. The number of unbranched alkanes of at least 4 members (excludes halogenated alkanes) is 1. The molecule has 1 aromatic carbocycles. The molecule has 0 saturated carbocycles. The molecule has 0 saturated heterocycles. The van der Waals surface area contributed by atoms with Crippen LogP contribution in [0.1, 0.15) is 46.1 Å². The number of hydrogen-bond donors (Lipinski definition) is 1. The topological polar surface area (TPSA) is 81.5 Å². The van der Waals surface area contributed by atoms with E-state index in [1.807, 2.05) is 6.92 Å². The van der Waals surface area contributed by atoms with Crippen LogP contribution in [0.5, 0.6) is 0 Å². The third-order valence-electron chi connectivity index (χ3n) is 2.73. The molecule has 6 nitrogen and oxygen atoms in total. The van der Waals surface area contributed by atoms with Crippen molar-refractivity contribution in [3.63, 3.8) is 0 Å². The molecule has 0 heterocycles. The van der Waals surface area contributed by atoms with E-state index in [1.54, 1.807) is 32.9 Å². The molecule has 0 radical (unpaired) electrons. The lowest BCUT2D eigenvalue weighted by molar-refractivity contribution is -0.385. The summed E-state index contributed by atoms with van der Waals surface area (Å²) in [5.74, 6) is 0. The average Bonchev–Trinajstić information content (AvgIpc) is 2.34. The number of ether oxygens (including phenoxy) is 1. The monoisotopic (exact) mass is 294 g/mol. The van der Waals surface area contributed by atoms with E-state index in [4.69, 9.17) is 4.74 Å². The van der Waals surface area contributed by atoms with Crippen LogP contribution in [0.3, 0.4) is 0 Å². The van der Waals surface area contributed by atoms with Crippen LogP contribution in [0.25, 0.3) is 0 Å². The number of nitrogens with zero attached hydrogens (tertiary/aromatic N) is 1. The van der Waals surface area contributed by atoms with Gasteiger partial charge >= 0.3 is 6.09 Å². The number of carbonyl (C=O) groups excluding carboxylic acids is 1. The molecule has 0 fully saturated rings. The van der Waals surface area contributed by atoms with Gasteiger partial charge in [0.05, 0.1) is 10.6 Å². The number of hydrogen-bond acceptors (Lipinski definition) is 4. The maximum absolute atomic E-state index is 11.7. The number of benzene rings is 1. The third-order valence-corrected chi connectivity index (χ3v) is 2.73. The number of carbonyl (C=O) groups is 1. The molecule has 0 aliphatic carbocycles. The van der Waals surface area contributed by atoms with Crippen molar-refractivity contribution < 1.29 is 14.5 Å². The van der Waals surface area contributed by atoms with Crippen LogP contribution in [-0.2, 0) is 11.2 Å². The van der Waals surface area contributed by atoms with Crippen LogP contribution in [-0.4, -0.2) is 16.6 Å². The predicted octanol–water partition coefficient (Wildman–Crippen LogP) is 4.28. The number of aryl methyl sites for hydroxylation is 1. The normalized spacial score (nSPS) is 11.0. The molecule has 0 aromatic heterocycles. The first-order valence-corrected chi connectivity index (χ1v) is 7.00. The molecule has 116 valence electrons. The molecule has 0 aliphatic heterocycles. The van der Waals surface area contributed by atoms with Crippen LogP contribution in [0.2, 0.25) is 0 Å². The zero-order valence-corrected chi connectivity index (χ0v) is 12.9. The Morgan fingerprint density at radius 2 is 2.05 bits per heavy atom. The van der Waals surface area contributed by atoms with Crippen molar-refractivity contribution >= 4 is 17.5 Å². The van der Waals surface area contributed by atoms with Gasteiger partial charge in [-0.1, -0.05) is 19.4 Å². The Balaban J connectivity index is 2.88. The van der Waals surface area contributed by atoms with E-state index in [9.17, 15) is 14.9 Å². The van der Waals surface area contributed by atoms with Gasteiger partial charge in [-0.05, 0) is 39.7 Å². The summed E-state index contributed by atoms with van der Waals surface area (Å²) < 4.78 is 5.12. The highest BCUT2D eigenvalue weighted by molar-refractivity contribution is 5.85. The lowest BCUT2D eigenvalue weighted by Crippen LogP contribution is -2.27. The Hall–Kier alpha value is -2.11. The van der Waals surface area contributed by atoms with E-state index >= 15 is 0 Å². The number of nitrogens with one attached hydrogen (secondary N) is 1. The largest absolute Gasteiger partial charge is 0.444 e. The zero-order chi connectivity index (χ0) is 16.0. The van der Waals surface area contributed by atoms with Gasteiger partial charge in [-0.2, -0.15) is 0 Å². The Kier molecular flexibility index (Phi) is 5.69. The number of anilines is 1. The van der Waals surface area contributed by atoms with Crippen LogP contribution < -0.4 is 5.32 Å². The van der Waals surface area contributed by atoms with Crippen molar-refractivity contribution in [2.24, 2.45) is 0 Å². The fourth-order valence-corrected chi connectivity index (χ4v) is 1.81. The minimum absolute atomic E-state index is 0.0250. The Morgan fingerprint density at radius 1 is 1.38 bits per heavy atom. The first kappa shape index (κ1) is 16.9. The van der Waals surface area contributed by atoms with E-state index in [2.05, 4.69) is 5.32 Å². The predicted molar refractivity (Wildman–Crippen MR) is 81.6 cm³/mol. The van der Waals surface area contributed by atoms with Crippen LogP contribution in [0.4, 0.5) is 16.2 Å². The van der Waals surface area contributed by atoms with Crippen molar-refractivity contribution in [3.8, 4) is 0 Å². The van der Waals surface area contributed by atoms with Crippen LogP contribution in [0.15, 0.2) is 18.2 Å². The van der Waals surface area contributed by atoms with Gasteiger partial charge in [0.1, 0.15) is 5.60 Å². The van der Waals surface area contributed by atoms with E-state index in [1.165, 1.54) is 6.07 Å². The van der Waals surface area contributed by atoms with Gasteiger partial charge in [-0.15, -0.1) is 0 Å². The van der Waals surface area contributed by atoms with E-state index in [0.29, 0.717) is 17.7 Å². The summed E-state index contributed by atoms with van der Waals surface area (Å²) in [7, 11) is 0. The highest BCUT2D eigenvalue weighted by Gasteiger charge is 2.18. The molecular weight excluding hydrogens is 272 g/mol. The molecule has 0 unspecified atom stereocenters. The SMILES string of the molecule is CCCCc1ccc(NC(=O)OC(C)(C)C)cc1[N+](=O)[O-]. The molecule has 0 bridgehead atoms. The summed E-state index contributed by atoms with van der Waals surface area (Å²) in [6.07, 6.45) is 1.88. The fraction of sp³-hybridized carbons (Fsp3) is 0.533. The highest BCUT2D eigenvalue weighted by Crippen LogP contribution is 2.25. The highest BCUT2D eigenvalue weighted by atomic mass is 16.6. The van der Waals surface area contributed by atoms with E-state index in [0.717, 1.165) is 12.8 Å². The van der Waals surface area contributed by atoms with Crippen LogP contribution >= 0.6 is 0 Å². The van der Waals surface area contributed by atoms with Crippen LogP contribution in [0, 0.1) is 10.1 Å². The smallest absolute Gasteiger partial charge is 0.412 e. The van der Waals surface area contributed by atoms with Gasteiger partial charge in [0.25, 0.3) is 5.69 Å². The van der Waals surface area contributed by atoms with Gasteiger partial charge in [0.2, 0.25) is 0 Å². The summed E-state index contributed by atoms with van der Waals surface area (Å²) in [5.41, 5.74) is 0.446. The molecule has 0 atom stereocenters. The Labute approximate surface area is 124 Å². The number of rotatable bonds is 5. The molecule has 0 spiro atoms. The molecular formula is C15H22N2O4. The first-order valence-electron chi connectivity index (χ1n) is 7.00. The standard InChI is InChI=1S/C15H22N2O4/c1-5-6-7-11-8-9-12(10-13(11)17(19)20)16-14(18)21-15(2,3)4/h8-10H,5-7H2,1-4H3,(H,16,18). The average molecular weight is 294 g/mol. The van der Waals surface area contributed by atoms with Crippen molar-refractivity contribution in [3.05, 3.63) is 33.9 Å². The van der Waals surface area contributed by atoms with Crippen molar-refractivity contribution in [1.82, 2.24) is 0 Å². The van der Waals surface area contributed by atoms with Crippen molar-refractivity contribution in [2.75, 3.05) is 5.32 Å². The minimum Gasteiger partial charge on any atom is -0.444 e. The van der Waals surface area contributed by atoms with Gasteiger partial charge < -0.3 is 4.74 Å². The van der Waals surface area contributed by atoms with Crippen molar-refractivity contribution in [2.45, 2.75) is 52.6 Å². The maximum atomic E-state index is 11.7. The van der Waals surface area contributed by atoms with Gasteiger partial charge in [0, 0.05) is 11.6 Å². The molecule has 21 heavy (non-hydrogen) atoms. The fourth-order valence-electron chi connectivity index (χ4n) is 1.81. The lowest BCUT2D eigenvalue weighted by atomic mass is 10.1. The number of amides is 1. The summed E-state index contributed by atoms with van der Waals surface area (Å²) in [5, 5.41) is 13.6. The maximum Gasteiger partial charge on any atom is 0.412 e. The third kappa shape index (κ3) is 5.81. The lowest BCUT2D eigenvalue weighted by Gasteiger charge is -2.19. The molecule has 1 N–H and O–H groups in total. The summed E-state index contributed by atoms with van der Waals surface area (Å²) in [4.78, 5) is 22.4. The van der Waals surface area contributed by atoms with E-state index < -0.39 is 16.6 Å². The molecule has 1 amide bonds. The Morgan fingerprint density at radius 3 is 2.57 bits per heavy atom. The molecule has 1 aromatic rings. The van der Waals surface area contributed by atoms with E-state index in [-0.39, 0.29) is 5.69 Å². The molecule has 6 heteroatoms. The number of nitro groups is 1. The summed E-state index contributed by atoms with van der Waals surface area (Å²) in [6.45, 7) is 7.29.